The van der Waals surface area contributed by atoms with Crippen LogP contribution in [-0.2, 0) is 4.79 Å². The summed E-state index contributed by atoms with van der Waals surface area (Å²) in [6.45, 7) is 1.36. The average Bonchev–Trinajstić information content (AvgIpc) is 2.90. The van der Waals surface area contributed by atoms with Crippen molar-refractivity contribution < 1.29 is 15.0 Å². The van der Waals surface area contributed by atoms with Crippen molar-refractivity contribution in [2.75, 3.05) is 6.54 Å². The second-order valence-electron chi connectivity index (χ2n) is 4.68. The van der Waals surface area contributed by atoms with Gasteiger partial charge in [0.15, 0.2) is 4.77 Å². The monoisotopic (exact) mass is 307 g/mol. The molecule has 2 atom stereocenters. The quantitative estimate of drug-likeness (QED) is 0.622. The molecule has 0 spiro atoms. The lowest BCUT2D eigenvalue weighted by Gasteiger charge is -2.18. The van der Waals surface area contributed by atoms with Crippen LogP contribution < -0.4 is 5.32 Å². The highest BCUT2D eigenvalue weighted by Crippen LogP contribution is 2.19. The fourth-order valence-electron chi connectivity index (χ4n) is 1.94. The summed E-state index contributed by atoms with van der Waals surface area (Å²) in [6, 6.07) is 7.03. The van der Waals surface area contributed by atoms with Crippen LogP contribution in [0.3, 0.4) is 0 Å². The van der Waals surface area contributed by atoms with E-state index in [0.717, 1.165) is 5.69 Å². The van der Waals surface area contributed by atoms with Crippen molar-refractivity contribution in [3.63, 3.8) is 0 Å². The van der Waals surface area contributed by atoms with Gasteiger partial charge < -0.3 is 20.5 Å². The smallest absolute Gasteiger partial charge is 0.216 e. The van der Waals surface area contributed by atoms with Crippen molar-refractivity contribution in [1.82, 2.24) is 14.9 Å². The number of hydrogen-bond acceptors (Lipinski definition) is 4. The fourth-order valence-corrected chi connectivity index (χ4v) is 2.17. The number of aromatic nitrogens is 2. The molecule has 21 heavy (non-hydrogen) atoms. The molecule has 7 heteroatoms. The van der Waals surface area contributed by atoms with Gasteiger partial charge in [-0.05, 0) is 29.9 Å². The number of amides is 1. The van der Waals surface area contributed by atoms with Crippen LogP contribution in [0.4, 0.5) is 0 Å². The minimum absolute atomic E-state index is 0.00111. The first-order chi connectivity index (χ1) is 9.99. The molecule has 0 saturated carbocycles. The van der Waals surface area contributed by atoms with Gasteiger partial charge in [-0.1, -0.05) is 12.1 Å². The average molecular weight is 307 g/mol. The Morgan fingerprint density at radius 3 is 2.57 bits per heavy atom. The van der Waals surface area contributed by atoms with E-state index < -0.39 is 12.2 Å². The minimum Gasteiger partial charge on any atom is -0.388 e. The zero-order valence-corrected chi connectivity index (χ0v) is 12.3. The van der Waals surface area contributed by atoms with Crippen LogP contribution in [0, 0.1) is 4.77 Å². The van der Waals surface area contributed by atoms with Gasteiger partial charge >= 0.3 is 0 Å². The number of hydrogen-bond donors (Lipinski definition) is 4. The number of imidazole rings is 1. The molecular weight excluding hydrogens is 290 g/mol. The lowest BCUT2D eigenvalue weighted by molar-refractivity contribution is -0.119. The van der Waals surface area contributed by atoms with E-state index in [-0.39, 0.29) is 12.5 Å². The Kier molecular flexibility index (Phi) is 4.89. The molecule has 1 heterocycles. The second-order valence-corrected chi connectivity index (χ2v) is 5.06. The SMILES string of the molecule is CC(=O)NCC(O)C(O)c1ccc(-n2cc[nH]c2=S)cc1. The molecule has 0 saturated heterocycles. The predicted molar refractivity (Wildman–Crippen MR) is 80.6 cm³/mol. The summed E-state index contributed by atoms with van der Waals surface area (Å²) in [5, 5.41) is 22.3. The minimum atomic E-state index is -1.06. The molecule has 0 aliphatic heterocycles. The standard InChI is InChI=1S/C14H17N3O3S/c1-9(18)16-8-12(19)13(20)10-2-4-11(5-3-10)17-7-6-15-14(17)21/h2-7,12-13,19-20H,8H2,1H3,(H,15,21)(H,16,18). The molecule has 0 aliphatic rings. The maximum absolute atomic E-state index is 10.8. The molecule has 2 aromatic rings. The van der Waals surface area contributed by atoms with Crippen molar-refractivity contribution in [2.24, 2.45) is 0 Å². The molecule has 0 bridgehead atoms. The van der Waals surface area contributed by atoms with E-state index >= 15 is 0 Å². The Morgan fingerprint density at radius 1 is 1.38 bits per heavy atom. The Hall–Kier alpha value is -1.96. The summed E-state index contributed by atoms with van der Waals surface area (Å²) in [7, 11) is 0. The summed E-state index contributed by atoms with van der Waals surface area (Å²) in [6.07, 6.45) is 1.42. The number of aromatic amines is 1. The summed E-state index contributed by atoms with van der Waals surface area (Å²) in [5.74, 6) is -0.251. The maximum Gasteiger partial charge on any atom is 0.216 e. The second kappa shape index (κ2) is 6.66. The molecule has 1 aromatic heterocycles. The van der Waals surface area contributed by atoms with Crippen LogP contribution in [0.15, 0.2) is 36.7 Å². The maximum atomic E-state index is 10.8. The molecule has 112 valence electrons. The Bertz CT molecular complexity index is 663. The predicted octanol–water partition coefficient (Wildman–Crippen LogP) is 1.07. The molecule has 4 N–H and O–H groups in total. The molecule has 0 fully saturated rings. The molecule has 1 amide bonds. The Balaban J connectivity index is 2.10. The first-order valence-electron chi connectivity index (χ1n) is 6.46. The third-order valence-electron chi connectivity index (χ3n) is 3.09. The van der Waals surface area contributed by atoms with Gasteiger partial charge in [0, 0.05) is 31.5 Å². The first kappa shape index (κ1) is 15.4. The number of H-pyrrole nitrogens is 1. The van der Waals surface area contributed by atoms with E-state index in [1.807, 2.05) is 0 Å². The van der Waals surface area contributed by atoms with Gasteiger partial charge in [0.05, 0.1) is 0 Å². The number of benzene rings is 1. The Morgan fingerprint density at radius 2 is 2.05 bits per heavy atom. The highest BCUT2D eigenvalue weighted by molar-refractivity contribution is 7.71. The lowest BCUT2D eigenvalue weighted by atomic mass is 10.0. The summed E-state index contributed by atoms with van der Waals surface area (Å²) in [5.41, 5.74) is 1.42. The number of carbonyl (C=O) groups is 1. The van der Waals surface area contributed by atoms with Gasteiger partial charge in [0.25, 0.3) is 0 Å². The number of aliphatic hydroxyl groups is 2. The van der Waals surface area contributed by atoms with E-state index in [1.165, 1.54) is 6.92 Å². The normalized spacial score (nSPS) is 13.7. The molecular formula is C14H17N3O3S. The van der Waals surface area contributed by atoms with Crippen molar-refractivity contribution in [1.29, 1.82) is 0 Å². The third kappa shape index (κ3) is 3.78. The van der Waals surface area contributed by atoms with Gasteiger partial charge in [0.2, 0.25) is 5.91 Å². The molecule has 1 aromatic carbocycles. The molecule has 2 rings (SSSR count). The largest absolute Gasteiger partial charge is 0.388 e. The number of aliphatic hydroxyl groups excluding tert-OH is 2. The van der Waals surface area contributed by atoms with E-state index in [1.54, 1.807) is 41.2 Å². The third-order valence-corrected chi connectivity index (χ3v) is 3.40. The van der Waals surface area contributed by atoms with Gasteiger partial charge in [-0.25, -0.2) is 0 Å². The van der Waals surface area contributed by atoms with Gasteiger partial charge in [0.1, 0.15) is 12.2 Å². The summed E-state index contributed by atoms with van der Waals surface area (Å²) >= 11 is 5.13. The van der Waals surface area contributed by atoms with Crippen molar-refractivity contribution in [2.45, 2.75) is 19.1 Å². The number of nitrogens with one attached hydrogen (secondary N) is 2. The fraction of sp³-hybridized carbons (Fsp3) is 0.286. The number of rotatable bonds is 5. The van der Waals surface area contributed by atoms with Crippen LogP contribution in [-0.4, -0.2) is 38.3 Å². The van der Waals surface area contributed by atoms with Crippen LogP contribution in [0.2, 0.25) is 0 Å². The van der Waals surface area contributed by atoms with Crippen LogP contribution in [0.25, 0.3) is 5.69 Å². The lowest BCUT2D eigenvalue weighted by Crippen LogP contribution is -2.34. The van der Waals surface area contributed by atoms with Gasteiger partial charge in [-0.3, -0.25) is 9.36 Å². The van der Waals surface area contributed by atoms with Crippen molar-refractivity contribution in [3.8, 4) is 5.69 Å². The van der Waals surface area contributed by atoms with Crippen LogP contribution in [0.1, 0.15) is 18.6 Å². The molecule has 6 nitrogen and oxygen atoms in total. The molecule has 0 radical (unpaired) electrons. The topological polar surface area (TPSA) is 90.3 Å². The zero-order chi connectivity index (χ0) is 15.4. The van der Waals surface area contributed by atoms with E-state index in [4.69, 9.17) is 12.2 Å². The summed E-state index contributed by atoms with van der Waals surface area (Å²) in [4.78, 5) is 13.7. The molecule has 2 unspecified atom stereocenters. The van der Waals surface area contributed by atoms with Crippen LogP contribution in [0.5, 0.6) is 0 Å². The number of carbonyl (C=O) groups excluding carboxylic acids is 1. The van der Waals surface area contributed by atoms with Crippen molar-refractivity contribution in [3.05, 3.63) is 47.0 Å². The van der Waals surface area contributed by atoms with Crippen LogP contribution >= 0.6 is 12.2 Å². The Labute approximate surface area is 127 Å². The highest BCUT2D eigenvalue weighted by atomic mass is 32.1. The van der Waals surface area contributed by atoms with E-state index in [9.17, 15) is 15.0 Å². The van der Waals surface area contributed by atoms with Gasteiger partial charge in [-0.15, -0.1) is 0 Å². The van der Waals surface area contributed by atoms with Gasteiger partial charge in [-0.2, -0.15) is 0 Å². The zero-order valence-electron chi connectivity index (χ0n) is 11.5. The highest BCUT2D eigenvalue weighted by Gasteiger charge is 2.18. The number of nitrogens with zero attached hydrogens (tertiary/aromatic N) is 1. The van der Waals surface area contributed by atoms with Crippen molar-refractivity contribution >= 4 is 18.1 Å². The van der Waals surface area contributed by atoms with E-state index in [0.29, 0.717) is 10.3 Å². The molecule has 0 aliphatic carbocycles. The van der Waals surface area contributed by atoms with E-state index in [2.05, 4.69) is 10.3 Å². The first-order valence-corrected chi connectivity index (χ1v) is 6.87. The summed E-state index contributed by atoms with van der Waals surface area (Å²) < 4.78 is 2.37.